The molecule has 3 rings (SSSR count). The summed E-state index contributed by atoms with van der Waals surface area (Å²) in [6.45, 7) is 0.288. The van der Waals surface area contributed by atoms with Crippen LogP contribution in [-0.4, -0.2) is 19.3 Å². The Hall–Kier alpha value is -1.50. The highest BCUT2D eigenvalue weighted by molar-refractivity contribution is 7.89. The fourth-order valence-electron chi connectivity index (χ4n) is 2.86. The van der Waals surface area contributed by atoms with Crippen LogP contribution in [-0.2, 0) is 10.0 Å². The lowest BCUT2D eigenvalue weighted by Gasteiger charge is -2.24. The maximum atomic E-state index is 14.0. The minimum Gasteiger partial charge on any atom is -0.207 e. The molecule has 0 unspecified atom stereocenters. The molecule has 2 aromatic carbocycles. The first-order valence-corrected chi connectivity index (χ1v) is 8.94. The van der Waals surface area contributed by atoms with Crippen LogP contribution in [0.15, 0.2) is 47.4 Å². The van der Waals surface area contributed by atoms with Gasteiger partial charge < -0.3 is 0 Å². The largest absolute Gasteiger partial charge is 0.243 e. The van der Waals surface area contributed by atoms with Crippen molar-refractivity contribution in [3.8, 4) is 0 Å². The van der Waals surface area contributed by atoms with Gasteiger partial charge in [-0.05, 0) is 37.1 Å². The normalized spacial score (nSPS) is 19.2. The molecule has 0 aromatic heterocycles. The molecule has 0 spiro atoms. The van der Waals surface area contributed by atoms with Gasteiger partial charge in [-0.3, -0.25) is 0 Å². The highest BCUT2D eigenvalue weighted by Crippen LogP contribution is 2.37. The van der Waals surface area contributed by atoms with Gasteiger partial charge in [0.15, 0.2) is 0 Å². The summed E-state index contributed by atoms with van der Waals surface area (Å²) in [5.74, 6) is -1.12. The third-order valence-corrected chi connectivity index (χ3v) is 6.16. The summed E-state index contributed by atoms with van der Waals surface area (Å²) in [4.78, 5) is -0.0906. The maximum absolute atomic E-state index is 14.0. The van der Waals surface area contributed by atoms with Crippen LogP contribution in [0.4, 0.5) is 8.78 Å². The van der Waals surface area contributed by atoms with E-state index in [1.54, 1.807) is 18.2 Å². The first-order chi connectivity index (χ1) is 10.9. The van der Waals surface area contributed by atoms with Crippen LogP contribution >= 0.6 is 11.6 Å². The van der Waals surface area contributed by atoms with E-state index in [9.17, 15) is 17.2 Å². The Morgan fingerprint density at radius 3 is 2.52 bits per heavy atom. The van der Waals surface area contributed by atoms with E-state index < -0.39 is 27.7 Å². The molecule has 1 heterocycles. The van der Waals surface area contributed by atoms with E-state index >= 15 is 0 Å². The maximum Gasteiger partial charge on any atom is 0.243 e. The van der Waals surface area contributed by atoms with Crippen molar-refractivity contribution in [1.82, 2.24) is 4.31 Å². The van der Waals surface area contributed by atoms with E-state index in [0.717, 1.165) is 12.1 Å². The van der Waals surface area contributed by atoms with Crippen LogP contribution in [0, 0.1) is 11.6 Å². The monoisotopic (exact) mass is 357 g/mol. The van der Waals surface area contributed by atoms with Crippen LogP contribution < -0.4 is 0 Å². The van der Waals surface area contributed by atoms with Crippen molar-refractivity contribution in [2.45, 2.75) is 23.8 Å². The Balaban J connectivity index is 2.01. The van der Waals surface area contributed by atoms with Crippen molar-refractivity contribution >= 4 is 21.6 Å². The van der Waals surface area contributed by atoms with Crippen molar-refractivity contribution in [1.29, 1.82) is 0 Å². The molecule has 1 atom stereocenters. The molecule has 1 aliphatic heterocycles. The number of halogens is 3. The molecule has 0 aliphatic carbocycles. The summed E-state index contributed by atoms with van der Waals surface area (Å²) in [7, 11) is -3.88. The summed E-state index contributed by atoms with van der Waals surface area (Å²) in [5.41, 5.74) is 0.349. The number of sulfonamides is 1. The third kappa shape index (κ3) is 2.98. The Morgan fingerprint density at radius 2 is 1.83 bits per heavy atom. The lowest BCUT2D eigenvalue weighted by Crippen LogP contribution is -2.31. The van der Waals surface area contributed by atoms with Gasteiger partial charge in [-0.15, -0.1) is 0 Å². The highest BCUT2D eigenvalue weighted by Gasteiger charge is 2.37. The van der Waals surface area contributed by atoms with E-state index in [1.807, 2.05) is 0 Å². The fraction of sp³-hybridized carbons (Fsp3) is 0.250. The average molecular weight is 358 g/mol. The predicted molar refractivity (Wildman–Crippen MR) is 83.7 cm³/mol. The van der Waals surface area contributed by atoms with Gasteiger partial charge in [0.2, 0.25) is 10.0 Å². The second kappa shape index (κ2) is 6.19. The number of hydrogen-bond acceptors (Lipinski definition) is 2. The zero-order valence-corrected chi connectivity index (χ0v) is 13.6. The van der Waals surface area contributed by atoms with Crippen molar-refractivity contribution in [3.05, 3.63) is 64.7 Å². The van der Waals surface area contributed by atoms with Gasteiger partial charge in [-0.2, -0.15) is 4.31 Å². The SMILES string of the molecule is O=S(=O)(c1ccc(F)c(Cl)c1)N1CCC[C@H]1c1ccccc1F. The van der Waals surface area contributed by atoms with E-state index in [1.165, 1.54) is 16.4 Å². The van der Waals surface area contributed by atoms with Crippen LogP contribution in [0.5, 0.6) is 0 Å². The molecule has 23 heavy (non-hydrogen) atoms. The van der Waals surface area contributed by atoms with E-state index in [4.69, 9.17) is 11.6 Å². The Labute approximate surface area is 138 Å². The van der Waals surface area contributed by atoms with Crippen molar-refractivity contribution in [2.24, 2.45) is 0 Å². The first-order valence-electron chi connectivity index (χ1n) is 7.12. The molecule has 122 valence electrons. The van der Waals surface area contributed by atoms with Gasteiger partial charge in [0.1, 0.15) is 11.6 Å². The quantitative estimate of drug-likeness (QED) is 0.827. The van der Waals surface area contributed by atoms with Gasteiger partial charge in [-0.1, -0.05) is 29.8 Å². The number of nitrogens with zero attached hydrogens (tertiary/aromatic N) is 1. The topological polar surface area (TPSA) is 37.4 Å². The summed E-state index contributed by atoms with van der Waals surface area (Å²) in [6, 6.07) is 8.85. The second-order valence-electron chi connectivity index (χ2n) is 5.37. The van der Waals surface area contributed by atoms with Gasteiger partial charge >= 0.3 is 0 Å². The zero-order valence-electron chi connectivity index (χ0n) is 12.0. The van der Waals surface area contributed by atoms with Crippen LogP contribution in [0.1, 0.15) is 24.4 Å². The molecular formula is C16H14ClF2NO2S. The molecule has 0 bridgehead atoms. The van der Waals surface area contributed by atoms with E-state index in [0.29, 0.717) is 18.4 Å². The van der Waals surface area contributed by atoms with Gasteiger partial charge in [-0.25, -0.2) is 17.2 Å². The molecule has 0 saturated carbocycles. The predicted octanol–water partition coefficient (Wildman–Crippen LogP) is 4.14. The molecule has 2 aromatic rings. The van der Waals surface area contributed by atoms with Gasteiger partial charge in [0.25, 0.3) is 0 Å². The standard InChI is InChI=1S/C16H14ClF2NO2S/c17-13-10-11(7-8-15(13)19)23(21,22)20-9-3-6-16(20)12-4-1-2-5-14(12)18/h1-2,4-5,7-8,10,16H,3,6,9H2/t16-/m0/s1. The summed E-state index contributed by atoms with van der Waals surface area (Å²) >= 11 is 5.69. The summed E-state index contributed by atoms with van der Waals surface area (Å²) < 4.78 is 54.2. The summed E-state index contributed by atoms with van der Waals surface area (Å²) in [6.07, 6.45) is 1.17. The smallest absolute Gasteiger partial charge is 0.207 e. The molecule has 0 amide bonds. The Bertz CT molecular complexity index is 842. The number of rotatable bonds is 3. The lowest BCUT2D eigenvalue weighted by atomic mass is 10.1. The van der Waals surface area contributed by atoms with Crippen molar-refractivity contribution in [3.63, 3.8) is 0 Å². The molecule has 1 fully saturated rings. The summed E-state index contributed by atoms with van der Waals surface area (Å²) in [5, 5.41) is -0.257. The van der Waals surface area contributed by atoms with Crippen molar-refractivity contribution < 1.29 is 17.2 Å². The molecule has 0 radical (unpaired) electrons. The molecule has 1 saturated heterocycles. The van der Waals surface area contributed by atoms with E-state index in [-0.39, 0.29) is 16.5 Å². The molecule has 1 aliphatic rings. The third-order valence-electron chi connectivity index (χ3n) is 3.97. The number of hydrogen-bond donors (Lipinski definition) is 0. The fourth-order valence-corrected chi connectivity index (χ4v) is 4.80. The highest BCUT2D eigenvalue weighted by atomic mass is 35.5. The lowest BCUT2D eigenvalue weighted by molar-refractivity contribution is 0.386. The zero-order chi connectivity index (χ0) is 16.6. The minimum atomic E-state index is -3.88. The van der Waals surface area contributed by atoms with Gasteiger partial charge in [0, 0.05) is 12.1 Å². The molecule has 7 heteroatoms. The molecular weight excluding hydrogens is 344 g/mol. The number of benzene rings is 2. The molecule has 0 N–H and O–H groups in total. The van der Waals surface area contributed by atoms with Crippen LogP contribution in [0.2, 0.25) is 5.02 Å². The minimum absolute atomic E-state index is 0.0906. The average Bonchev–Trinajstić information content (AvgIpc) is 3.00. The van der Waals surface area contributed by atoms with Crippen molar-refractivity contribution in [2.75, 3.05) is 6.54 Å². The van der Waals surface area contributed by atoms with Gasteiger partial charge in [0.05, 0.1) is 16.0 Å². The second-order valence-corrected chi connectivity index (χ2v) is 7.67. The van der Waals surface area contributed by atoms with Crippen LogP contribution in [0.25, 0.3) is 0 Å². The Morgan fingerprint density at radius 1 is 1.09 bits per heavy atom. The Kier molecular flexibility index (Phi) is 4.40. The van der Waals surface area contributed by atoms with E-state index in [2.05, 4.69) is 0 Å². The first kappa shape index (κ1) is 16.4. The molecule has 3 nitrogen and oxygen atoms in total. The van der Waals surface area contributed by atoms with Crippen LogP contribution in [0.3, 0.4) is 0 Å².